The number of carbonyl (C=O) groups is 1. The summed E-state index contributed by atoms with van der Waals surface area (Å²) >= 11 is 1.60. The average Bonchev–Trinajstić information content (AvgIpc) is 3.22. The normalized spacial score (nSPS) is 15.6. The molecule has 32 heavy (non-hydrogen) atoms. The Bertz CT molecular complexity index is 1110. The van der Waals surface area contributed by atoms with Gasteiger partial charge in [0.25, 0.3) is 0 Å². The Kier molecular flexibility index (Phi) is 7.02. The highest BCUT2D eigenvalue weighted by atomic mass is 32.2. The lowest BCUT2D eigenvalue weighted by Crippen LogP contribution is -2.39. The van der Waals surface area contributed by atoms with Crippen molar-refractivity contribution >= 4 is 28.7 Å². The monoisotopic (exact) mass is 449 g/mol. The van der Waals surface area contributed by atoms with Crippen LogP contribution in [0.15, 0.2) is 59.6 Å². The Labute approximate surface area is 192 Å². The van der Waals surface area contributed by atoms with Crippen molar-refractivity contribution in [1.29, 1.82) is 0 Å². The third-order valence-corrected chi connectivity index (χ3v) is 6.20. The van der Waals surface area contributed by atoms with Gasteiger partial charge in [-0.3, -0.25) is 4.79 Å². The number of thioether (sulfide) groups is 1. The van der Waals surface area contributed by atoms with E-state index in [0.29, 0.717) is 36.1 Å². The van der Waals surface area contributed by atoms with Gasteiger partial charge in [-0.25, -0.2) is 4.68 Å². The molecule has 1 saturated heterocycles. The van der Waals surface area contributed by atoms with Crippen LogP contribution in [0.3, 0.4) is 0 Å². The van der Waals surface area contributed by atoms with E-state index in [4.69, 9.17) is 14.7 Å². The molecule has 3 aromatic rings. The fraction of sp³-hybridized carbons (Fsp3) is 0.333. The Morgan fingerprint density at radius 2 is 1.81 bits per heavy atom. The van der Waals surface area contributed by atoms with Crippen LogP contribution < -0.4 is 0 Å². The molecule has 0 bridgehead atoms. The van der Waals surface area contributed by atoms with E-state index in [0.717, 1.165) is 23.8 Å². The number of benzene rings is 2. The molecule has 1 fully saturated rings. The van der Waals surface area contributed by atoms with Crippen LogP contribution in [0, 0.1) is 0 Å². The number of aromatic nitrogens is 3. The number of carbonyl (C=O) groups excluding carboxylic acids is 1. The maximum absolute atomic E-state index is 12.9. The fourth-order valence-corrected chi connectivity index (χ4v) is 4.23. The molecule has 1 aliphatic heterocycles. The molecule has 1 atom stereocenters. The molecule has 0 amide bonds. The van der Waals surface area contributed by atoms with Crippen molar-refractivity contribution in [3.8, 4) is 0 Å². The quantitative estimate of drug-likeness (QED) is 0.334. The number of morpholine rings is 1. The second-order valence-electron chi connectivity index (χ2n) is 7.63. The number of hydrogen-bond donors (Lipinski definition) is 0. The van der Waals surface area contributed by atoms with Crippen LogP contribution in [0.25, 0.3) is 0 Å². The van der Waals surface area contributed by atoms with Gasteiger partial charge in [0.1, 0.15) is 0 Å². The van der Waals surface area contributed by atoms with Gasteiger partial charge in [-0.2, -0.15) is 15.1 Å². The molecule has 1 aliphatic rings. The predicted octanol–water partition coefficient (Wildman–Crippen LogP) is 3.88. The van der Waals surface area contributed by atoms with Crippen LogP contribution in [0.4, 0.5) is 5.95 Å². The first-order valence-electron chi connectivity index (χ1n) is 10.6. The van der Waals surface area contributed by atoms with Crippen molar-refractivity contribution < 1.29 is 9.53 Å². The SMILES string of the molecule is CS/C(=N\c1nc(C(C)c2cccc(C(=O)c3ccccc3)c2)nn1C)N1CCOCC1. The molecule has 2 aromatic carbocycles. The second-order valence-corrected chi connectivity index (χ2v) is 8.41. The van der Waals surface area contributed by atoms with E-state index in [9.17, 15) is 4.79 Å². The van der Waals surface area contributed by atoms with Crippen LogP contribution in [0.1, 0.15) is 40.2 Å². The molecule has 8 heteroatoms. The highest BCUT2D eigenvalue weighted by molar-refractivity contribution is 8.13. The number of ether oxygens (including phenoxy) is 1. The van der Waals surface area contributed by atoms with Gasteiger partial charge >= 0.3 is 0 Å². The summed E-state index contributed by atoms with van der Waals surface area (Å²) in [6.07, 6.45) is 2.02. The average molecular weight is 450 g/mol. The summed E-state index contributed by atoms with van der Waals surface area (Å²) in [6, 6.07) is 17.0. The van der Waals surface area contributed by atoms with Gasteiger partial charge in [0, 0.05) is 37.2 Å². The second kappa shape index (κ2) is 10.1. The van der Waals surface area contributed by atoms with Gasteiger partial charge in [0.2, 0.25) is 5.95 Å². The number of aliphatic imine (C=N–C) groups is 1. The van der Waals surface area contributed by atoms with Crippen molar-refractivity contribution in [2.45, 2.75) is 12.8 Å². The maximum atomic E-state index is 12.9. The summed E-state index contributed by atoms with van der Waals surface area (Å²) in [7, 11) is 1.86. The lowest BCUT2D eigenvalue weighted by molar-refractivity contribution is 0.0693. The van der Waals surface area contributed by atoms with E-state index in [1.807, 2.05) is 74.8 Å². The van der Waals surface area contributed by atoms with Crippen LogP contribution in [0.5, 0.6) is 0 Å². The molecule has 0 spiro atoms. The topological polar surface area (TPSA) is 72.6 Å². The minimum Gasteiger partial charge on any atom is -0.378 e. The highest BCUT2D eigenvalue weighted by Crippen LogP contribution is 2.25. The zero-order chi connectivity index (χ0) is 22.5. The lowest BCUT2D eigenvalue weighted by Gasteiger charge is -2.28. The van der Waals surface area contributed by atoms with Gasteiger partial charge < -0.3 is 9.64 Å². The standard InChI is InChI=1S/C24H27N5O2S/c1-17(19-10-7-11-20(16-19)21(30)18-8-5-4-6-9-18)22-25-23(28(2)27-22)26-24(32-3)29-12-14-31-15-13-29/h4-11,16-17H,12-15H2,1-3H3/b26-24-. The first-order chi connectivity index (χ1) is 15.6. The molecular weight excluding hydrogens is 422 g/mol. The summed E-state index contributed by atoms with van der Waals surface area (Å²) in [4.78, 5) is 24.5. The third-order valence-electron chi connectivity index (χ3n) is 5.49. The van der Waals surface area contributed by atoms with Crippen molar-refractivity contribution in [3.63, 3.8) is 0 Å². The highest BCUT2D eigenvalue weighted by Gasteiger charge is 2.20. The number of hydrogen-bond acceptors (Lipinski definition) is 6. The molecule has 1 aromatic heterocycles. The summed E-state index contributed by atoms with van der Waals surface area (Å²) in [5.74, 6) is 1.18. The molecule has 0 aliphatic carbocycles. The van der Waals surface area contributed by atoms with Crippen LogP contribution in [-0.2, 0) is 11.8 Å². The van der Waals surface area contributed by atoms with Crippen molar-refractivity contribution in [2.24, 2.45) is 12.0 Å². The van der Waals surface area contributed by atoms with E-state index < -0.39 is 0 Å². The molecule has 1 unspecified atom stereocenters. The zero-order valence-corrected chi connectivity index (χ0v) is 19.4. The Hall–Kier alpha value is -2.97. The minimum absolute atomic E-state index is 0.00837. The van der Waals surface area contributed by atoms with Crippen molar-refractivity contribution in [2.75, 3.05) is 32.6 Å². The Morgan fingerprint density at radius 1 is 1.09 bits per heavy atom. The van der Waals surface area contributed by atoms with E-state index in [2.05, 4.69) is 10.00 Å². The van der Waals surface area contributed by atoms with E-state index in [-0.39, 0.29) is 11.7 Å². The van der Waals surface area contributed by atoms with Gasteiger partial charge in [-0.15, -0.1) is 0 Å². The Balaban J connectivity index is 1.57. The summed E-state index contributed by atoms with van der Waals surface area (Å²) < 4.78 is 7.15. The summed E-state index contributed by atoms with van der Waals surface area (Å²) in [5, 5.41) is 5.53. The van der Waals surface area contributed by atoms with Crippen molar-refractivity contribution in [1.82, 2.24) is 19.7 Å². The van der Waals surface area contributed by atoms with E-state index in [1.54, 1.807) is 16.4 Å². The molecular formula is C24H27N5O2S. The number of ketones is 1. The lowest BCUT2D eigenvalue weighted by atomic mass is 9.95. The van der Waals surface area contributed by atoms with Gasteiger partial charge in [0.05, 0.1) is 13.2 Å². The van der Waals surface area contributed by atoms with Crippen molar-refractivity contribution in [3.05, 3.63) is 77.1 Å². The van der Waals surface area contributed by atoms with Gasteiger partial charge in [-0.1, -0.05) is 67.2 Å². The summed E-state index contributed by atoms with van der Waals surface area (Å²) in [5.41, 5.74) is 2.33. The number of nitrogens with zero attached hydrogens (tertiary/aromatic N) is 5. The molecule has 2 heterocycles. The molecule has 4 rings (SSSR count). The molecule has 166 valence electrons. The van der Waals surface area contributed by atoms with Gasteiger partial charge in [0.15, 0.2) is 16.8 Å². The minimum atomic E-state index is -0.0743. The zero-order valence-electron chi connectivity index (χ0n) is 18.6. The van der Waals surface area contributed by atoms with E-state index >= 15 is 0 Å². The van der Waals surface area contributed by atoms with Crippen LogP contribution in [0.2, 0.25) is 0 Å². The van der Waals surface area contributed by atoms with Crippen LogP contribution in [-0.4, -0.2) is 63.2 Å². The number of aryl methyl sites for hydroxylation is 1. The molecule has 0 N–H and O–H groups in total. The first-order valence-corrected chi connectivity index (χ1v) is 11.9. The molecule has 0 saturated carbocycles. The van der Waals surface area contributed by atoms with E-state index in [1.165, 1.54) is 0 Å². The van der Waals surface area contributed by atoms with Crippen LogP contribution >= 0.6 is 11.8 Å². The fourth-order valence-electron chi connectivity index (χ4n) is 3.62. The molecule has 7 nitrogen and oxygen atoms in total. The third kappa shape index (κ3) is 4.92. The maximum Gasteiger partial charge on any atom is 0.250 e. The first kappa shape index (κ1) is 22.2. The van der Waals surface area contributed by atoms with Gasteiger partial charge in [-0.05, 0) is 17.9 Å². The predicted molar refractivity (Wildman–Crippen MR) is 128 cm³/mol. The largest absolute Gasteiger partial charge is 0.378 e. The Morgan fingerprint density at radius 3 is 2.53 bits per heavy atom. The summed E-state index contributed by atoms with van der Waals surface area (Å²) in [6.45, 7) is 5.11. The smallest absolute Gasteiger partial charge is 0.250 e. The number of rotatable bonds is 5. The number of amidine groups is 1. The molecule has 0 radical (unpaired) electrons.